The van der Waals surface area contributed by atoms with E-state index in [0.717, 1.165) is 28.8 Å². The Labute approximate surface area is 259 Å². The van der Waals surface area contributed by atoms with Gasteiger partial charge in [0.15, 0.2) is 18.1 Å². The number of nitrogens with one attached hydrogen (secondary N) is 3. The van der Waals surface area contributed by atoms with Crippen molar-refractivity contribution in [2.24, 2.45) is 5.10 Å². The lowest BCUT2D eigenvalue weighted by molar-refractivity contribution is -0.136. The number of nitrogens with zero attached hydrogens (tertiary/aromatic N) is 1. The van der Waals surface area contributed by atoms with Crippen LogP contribution < -0.4 is 30.3 Å². The molecule has 42 heavy (non-hydrogen) atoms. The summed E-state index contributed by atoms with van der Waals surface area (Å²) in [7, 11) is 0. The Kier molecular flexibility index (Phi) is 12.1. The monoisotopic (exact) mass is 686 g/mol. The number of carbonyl (C=O) groups excluding carboxylic acids is 3. The Morgan fingerprint density at radius 2 is 1.57 bits per heavy atom. The molecule has 10 nitrogen and oxygen atoms in total. The molecule has 0 unspecified atom stereocenters. The number of halogens is 1. The summed E-state index contributed by atoms with van der Waals surface area (Å²) in [4.78, 5) is 37.1. The third-order valence-corrected chi connectivity index (χ3v) is 6.59. The molecule has 0 atom stereocenters. The molecule has 11 heteroatoms. The first-order valence-electron chi connectivity index (χ1n) is 13.4. The van der Waals surface area contributed by atoms with Crippen LogP contribution in [0.1, 0.15) is 42.5 Å². The zero-order valence-electron chi connectivity index (χ0n) is 24.3. The van der Waals surface area contributed by atoms with Crippen LogP contribution in [0.3, 0.4) is 0 Å². The van der Waals surface area contributed by atoms with Crippen LogP contribution in [-0.2, 0) is 14.4 Å². The Balaban J connectivity index is 1.59. The molecule has 0 aromatic heterocycles. The number of aryl methyl sites for hydroxylation is 3. The number of rotatable bonds is 12. The maximum absolute atomic E-state index is 12.7. The second-order valence-corrected chi connectivity index (χ2v) is 10.6. The van der Waals surface area contributed by atoms with E-state index in [1.54, 1.807) is 36.4 Å². The molecular weight excluding hydrogens is 651 g/mol. The van der Waals surface area contributed by atoms with Gasteiger partial charge in [-0.2, -0.15) is 5.10 Å². The van der Waals surface area contributed by atoms with E-state index >= 15 is 0 Å². The van der Waals surface area contributed by atoms with E-state index in [-0.39, 0.29) is 12.5 Å². The van der Waals surface area contributed by atoms with Gasteiger partial charge in [-0.3, -0.25) is 14.4 Å². The predicted octanol–water partition coefficient (Wildman–Crippen LogP) is 5.51. The van der Waals surface area contributed by atoms with E-state index in [4.69, 9.17) is 14.2 Å². The first-order valence-corrected chi connectivity index (χ1v) is 14.5. The van der Waals surface area contributed by atoms with Crippen molar-refractivity contribution >= 4 is 57.9 Å². The number of hydrazone groups is 1. The third-order valence-electron chi connectivity index (χ3n) is 5.79. The van der Waals surface area contributed by atoms with Crippen LogP contribution in [0.2, 0.25) is 0 Å². The van der Waals surface area contributed by atoms with Gasteiger partial charge in [0.25, 0.3) is 5.91 Å². The predicted molar refractivity (Wildman–Crippen MR) is 172 cm³/mol. The Morgan fingerprint density at radius 3 is 2.21 bits per heavy atom. The van der Waals surface area contributed by atoms with Gasteiger partial charge in [-0.1, -0.05) is 24.6 Å². The Bertz CT molecular complexity index is 1430. The molecule has 0 aliphatic heterocycles. The molecule has 0 saturated carbocycles. The normalized spacial score (nSPS) is 10.7. The lowest BCUT2D eigenvalue weighted by atomic mass is 10.1. The number of ether oxygens (including phenoxy) is 3. The van der Waals surface area contributed by atoms with Crippen molar-refractivity contribution in [1.29, 1.82) is 0 Å². The molecule has 0 heterocycles. The van der Waals surface area contributed by atoms with Crippen molar-refractivity contribution in [1.82, 2.24) is 5.43 Å². The molecule has 222 valence electrons. The smallest absolute Gasteiger partial charge is 0.329 e. The fraction of sp³-hybridized carbons (Fsp3) is 0.290. The Hall–Kier alpha value is -4.13. The van der Waals surface area contributed by atoms with Crippen LogP contribution in [0.5, 0.6) is 17.2 Å². The maximum atomic E-state index is 12.7. The number of anilines is 2. The molecule has 0 saturated heterocycles. The lowest BCUT2D eigenvalue weighted by Crippen LogP contribution is -2.32. The summed E-state index contributed by atoms with van der Waals surface area (Å²) >= 11 is 2.07. The summed E-state index contributed by atoms with van der Waals surface area (Å²) in [5.74, 6) is -0.583. The highest BCUT2D eigenvalue weighted by Gasteiger charge is 2.16. The summed E-state index contributed by atoms with van der Waals surface area (Å²) in [5, 5.41) is 9.33. The minimum atomic E-state index is -0.928. The summed E-state index contributed by atoms with van der Waals surface area (Å²) < 4.78 is 17.8. The molecule has 0 spiro atoms. The van der Waals surface area contributed by atoms with Crippen molar-refractivity contribution in [3.05, 3.63) is 74.4 Å². The standard InChI is InChI=1S/C31H35IN4O6/c1-6-12-41-24-10-8-23(9-11-24)34-30(38)31(39)36-33-17-22-15-25(32)29(26(16-22)40-7-2)42-18-27(37)35-28-20(4)13-19(3)14-21(28)5/h8-11,13-17H,6-7,12,18H2,1-5H3,(H,34,38)(H,35,37)(H,36,39)/b33-17-. The minimum Gasteiger partial charge on any atom is -0.494 e. The first-order chi connectivity index (χ1) is 20.1. The molecular formula is C31H35IN4O6. The van der Waals surface area contributed by atoms with E-state index in [1.165, 1.54) is 6.21 Å². The minimum absolute atomic E-state index is 0.212. The third kappa shape index (κ3) is 9.47. The van der Waals surface area contributed by atoms with Crippen LogP contribution in [0.4, 0.5) is 11.4 Å². The SMILES string of the molecule is CCCOc1ccc(NC(=O)C(=O)N/N=C\c2cc(I)c(OCC(=O)Nc3c(C)cc(C)cc3C)c(OCC)c2)cc1. The number of hydrogen-bond donors (Lipinski definition) is 3. The van der Waals surface area contributed by atoms with E-state index < -0.39 is 11.8 Å². The Morgan fingerprint density at radius 1 is 0.881 bits per heavy atom. The highest BCUT2D eigenvalue weighted by molar-refractivity contribution is 14.1. The molecule has 0 aliphatic rings. The average Bonchev–Trinajstić information content (AvgIpc) is 2.94. The van der Waals surface area contributed by atoms with Crippen molar-refractivity contribution in [3.63, 3.8) is 0 Å². The van der Waals surface area contributed by atoms with Crippen molar-refractivity contribution in [3.8, 4) is 17.2 Å². The fourth-order valence-corrected chi connectivity index (χ4v) is 4.80. The van der Waals surface area contributed by atoms with Crippen LogP contribution in [0, 0.1) is 24.3 Å². The number of hydrogen-bond acceptors (Lipinski definition) is 7. The van der Waals surface area contributed by atoms with Gasteiger partial charge in [0.1, 0.15) is 5.75 Å². The van der Waals surface area contributed by atoms with Crippen molar-refractivity contribution in [2.45, 2.75) is 41.0 Å². The van der Waals surface area contributed by atoms with Gasteiger partial charge in [-0.15, -0.1) is 0 Å². The highest BCUT2D eigenvalue weighted by atomic mass is 127. The zero-order valence-corrected chi connectivity index (χ0v) is 26.5. The quantitative estimate of drug-likeness (QED) is 0.0999. The summed E-state index contributed by atoms with van der Waals surface area (Å²) in [6.07, 6.45) is 2.27. The van der Waals surface area contributed by atoms with Crippen molar-refractivity contribution in [2.75, 3.05) is 30.5 Å². The van der Waals surface area contributed by atoms with E-state index in [0.29, 0.717) is 45.3 Å². The summed E-state index contributed by atoms with van der Waals surface area (Å²) in [6, 6.07) is 14.2. The van der Waals surface area contributed by atoms with Gasteiger partial charge >= 0.3 is 11.8 Å². The average molecular weight is 687 g/mol. The van der Waals surface area contributed by atoms with E-state index in [2.05, 4.69) is 43.8 Å². The zero-order chi connectivity index (χ0) is 30.6. The molecule has 0 radical (unpaired) electrons. The maximum Gasteiger partial charge on any atom is 0.329 e. The first kappa shape index (κ1) is 32.4. The summed E-state index contributed by atoms with van der Waals surface area (Å²) in [6.45, 7) is 10.5. The van der Waals surface area contributed by atoms with Crippen LogP contribution in [0.25, 0.3) is 0 Å². The highest BCUT2D eigenvalue weighted by Crippen LogP contribution is 2.34. The van der Waals surface area contributed by atoms with Crippen molar-refractivity contribution < 1.29 is 28.6 Å². The fourth-order valence-electron chi connectivity index (χ4n) is 4.01. The second kappa shape index (κ2) is 15.8. The molecule has 3 amide bonds. The van der Waals surface area contributed by atoms with E-state index in [1.807, 2.05) is 46.8 Å². The summed E-state index contributed by atoms with van der Waals surface area (Å²) in [5.41, 5.74) is 7.11. The van der Waals surface area contributed by atoms with Gasteiger partial charge in [0, 0.05) is 11.4 Å². The lowest BCUT2D eigenvalue weighted by Gasteiger charge is -2.16. The molecule has 3 aromatic carbocycles. The molecule has 0 aliphatic carbocycles. The van der Waals surface area contributed by atoms with Gasteiger partial charge in [-0.05, 0) is 110 Å². The van der Waals surface area contributed by atoms with Gasteiger partial charge in [0.05, 0.1) is 23.0 Å². The molecule has 0 bridgehead atoms. The molecule has 3 N–H and O–H groups in total. The number of amides is 3. The topological polar surface area (TPSA) is 127 Å². The number of carbonyl (C=O) groups is 3. The van der Waals surface area contributed by atoms with E-state index in [9.17, 15) is 14.4 Å². The van der Waals surface area contributed by atoms with Crippen LogP contribution in [0.15, 0.2) is 53.6 Å². The van der Waals surface area contributed by atoms with Gasteiger partial charge in [-0.25, -0.2) is 5.43 Å². The molecule has 3 aromatic rings. The molecule has 3 rings (SSSR count). The second-order valence-electron chi connectivity index (χ2n) is 9.40. The molecule has 0 fully saturated rings. The number of benzene rings is 3. The van der Waals surface area contributed by atoms with Gasteiger partial charge < -0.3 is 24.8 Å². The largest absolute Gasteiger partial charge is 0.494 e. The van der Waals surface area contributed by atoms with Crippen LogP contribution in [-0.4, -0.2) is 43.8 Å². The van der Waals surface area contributed by atoms with Crippen LogP contribution >= 0.6 is 22.6 Å². The van der Waals surface area contributed by atoms with Gasteiger partial charge in [0.2, 0.25) is 0 Å².